The fourth-order valence-electron chi connectivity index (χ4n) is 2.66. The average Bonchev–Trinajstić information content (AvgIpc) is 2.94. The van der Waals surface area contributed by atoms with E-state index in [0.29, 0.717) is 11.4 Å². The number of hydrogen-bond acceptors (Lipinski definition) is 4. The number of halogens is 1. The SMILES string of the molecule is N#Cc1cccc(CN2CCC(Oc3cccc(F)n3)C2)c1. The molecule has 1 aliphatic rings. The average molecular weight is 297 g/mol. The minimum absolute atomic E-state index is 0.0217. The first kappa shape index (κ1) is 14.5. The summed E-state index contributed by atoms with van der Waals surface area (Å²) in [6.07, 6.45) is 0.907. The van der Waals surface area contributed by atoms with Crippen molar-refractivity contribution in [2.75, 3.05) is 13.1 Å². The quantitative estimate of drug-likeness (QED) is 0.814. The van der Waals surface area contributed by atoms with Crippen LogP contribution < -0.4 is 4.74 Å². The van der Waals surface area contributed by atoms with E-state index in [9.17, 15) is 4.39 Å². The Morgan fingerprint density at radius 3 is 3.00 bits per heavy atom. The van der Waals surface area contributed by atoms with Gasteiger partial charge in [0, 0.05) is 25.7 Å². The zero-order valence-electron chi connectivity index (χ0n) is 12.1. The number of nitriles is 1. The standard InChI is InChI=1S/C17H16FN3O/c18-16-5-2-6-17(20-16)22-15-7-8-21(12-15)11-14-4-1-3-13(9-14)10-19/h1-6,9,15H,7-8,11-12H2. The van der Waals surface area contributed by atoms with Crippen molar-refractivity contribution in [3.05, 3.63) is 59.5 Å². The molecule has 0 amide bonds. The van der Waals surface area contributed by atoms with Crippen LogP contribution in [0.4, 0.5) is 4.39 Å². The van der Waals surface area contributed by atoms with Crippen molar-refractivity contribution in [2.24, 2.45) is 0 Å². The molecule has 2 aromatic rings. The molecule has 1 fully saturated rings. The monoisotopic (exact) mass is 297 g/mol. The van der Waals surface area contributed by atoms with Gasteiger partial charge in [0.05, 0.1) is 11.6 Å². The first-order chi connectivity index (χ1) is 10.7. The molecule has 22 heavy (non-hydrogen) atoms. The number of aromatic nitrogens is 1. The van der Waals surface area contributed by atoms with E-state index in [-0.39, 0.29) is 6.10 Å². The predicted octanol–water partition coefficient (Wildman–Crippen LogP) is 2.75. The van der Waals surface area contributed by atoms with E-state index in [1.807, 2.05) is 18.2 Å². The number of nitrogens with zero attached hydrogens (tertiary/aromatic N) is 3. The molecule has 3 rings (SSSR count). The van der Waals surface area contributed by atoms with Crippen molar-refractivity contribution in [1.29, 1.82) is 5.26 Å². The molecule has 1 saturated heterocycles. The van der Waals surface area contributed by atoms with Crippen LogP contribution >= 0.6 is 0 Å². The third-order valence-electron chi connectivity index (χ3n) is 3.67. The topological polar surface area (TPSA) is 49.2 Å². The van der Waals surface area contributed by atoms with Gasteiger partial charge in [-0.05, 0) is 30.2 Å². The third kappa shape index (κ3) is 3.60. The molecule has 1 aliphatic heterocycles. The lowest BCUT2D eigenvalue weighted by atomic mass is 10.1. The highest BCUT2D eigenvalue weighted by Crippen LogP contribution is 2.19. The maximum absolute atomic E-state index is 13.0. The maximum Gasteiger partial charge on any atom is 0.216 e. The van der Waals surface area contributed by atoms with Gasteiger partial charge in [-0.2, -0.15) is 14.6 Å². The molecule has 112 valence electrons. The second-order valence-electron chi connectivity index (χ2n) is 5.37. The van der Waals surface area contributed by atoms with Gasteiger partial charge in [0.15, 0.2) is 0 Å². The number of rotatable bonds is 4. The summed E-state index contributed by atoms with van der Waals surface area (Å²) in [5.41, 5.74) is 1.79. The van der Waals surface area contributed by atoms with E-state index in [0.717, 1.165) is 31.6 Å². The van der Waals surface area contributed by atoms with Crippen molar-refractivity contribution in [3.8, 4) is 11.9 Å². The summed E-state index contributed by atoms with van der Waals surface area (Å²) in [7, 11) is 0. The summed E-state index contributed by atoms with van der Waals surface area (Å²) in [4.78, 5) is 5.99. The number of ether oxygens (including phenoxy) is 1. The van der Waals surface area contributed by atoms with E-state index in [2.05, 4.69) is 16.0 Å². The molecule has 0 spiro atoms. The maximum atomic E-state index is 13.0. The van der Waals surface area contributed by atoms with Gasteiger partial charge in [-0.3, -0.25) is 4.90 Å². The zero-order chi connectivity index (χ0) is 15.4. The molecule has 1 aromatic carbocycles. The summed E-state index contributed by atoms with van der Waals surface area (Å²) in [6.45, 7) is 2.47. The Morgan fingerprint density at radius 2 is 2.18 bits per heavy atom. The first-order valence-electron chi connectivity index (χ1n) is 7.23. The molecule has 0 bridgehead atoms. The van der Waals surface area contributed by atoms with Crippen molar-refractivity contribution in [1.82, 2.24) is 9.88 Å². The van der Waals surface area contributed by atoms with Gasteiger partial charge in [0.25, 0.3) is 0 Å². The Labute approximate surface area is 128 Å². The van der Waals surface area contributed by atoms with Crippen LogP contribution in [0.25, 0.3) is 0 Å². The van der Waals surface area contributed by atoms with Gasteiger partial charge in [0.1, 0.15) is 6.10 Å². The van der Waals surface area contributed by atoms with Crippen LogP contribution in [-0.4, -0.2) is 29.1 Å². The van der Waals surface area contributed by atoms with E-state index in [1.54, 1.807) is 18.2 Å². The normalized spacial score (nSPS) is 18.1. The molecule has 1 atom stereocenters. The van der Waals surface area contributed by atoms with E-state index >= 15 is 0 Å². The molecule has 2 heterocycles. The molecular formula is C17H16FN3O. The predicted molar refractivity (Wildman–Crippen MR) is 79.7 cm³/mol. The number of benzene rings is 1. The number of pyridine rings is 1. The molecule has 5 heteroatoms. The molecule has 1 aromatic heterocycles. The molecule has 0 aliphatic carbocycles. The largest absolute Gasteiger partial charge is 0.473 e. The third-order valence-corrected chi connectivity index (χ3v) is 3.67. The second kappa shape index (κ2) is 6.54. The van der Waals surface area contributed by atoms with Crippen LogP contribution in [0.15, 0.2) is 42.5 Å². The lowest BCUT2D eigenvalue weighted by Crippen LogP contribution is -2.24. The van der Waals surface area contributed by atoms with Crippen LogP contribution in [0.1, 0.15) is 17.5 Å². The minimum atomic E-state index is -0.527. The van der Waals surface area contributed by atoms with E-state index < -0.39 is 5.95 Å². The van der Waals surface area contributed by atoms with Crippen LogP contribution in [0, 0.1) is 17.3 Å². The number of hydrogen-bond donors (Lipinski definition) is 0. The Morgan fingerprint density at radius 1 is 1.32 bits per heavy atom. The molecule has 0 radical (unpaired) electrons. The van der Waals surface area contributed by atoms with Gasteiger partial charge >= 0.3 is 0 Å². The highest BCUT2D eigenvalue weighted by molar-refractivity contribution is 5.32. The Hall–Kier alpha value is -2.45. The Bertz CT molecular complexity index is 698. The van der Waals surface area contributed by atoms with Crippen molar-refractivity contribution >= 4 is 0 Å². The van der Waals surface area contributed by atoms with Gasteiger partial charge < -0.3 is 4.74 Å². The van der Waals surface area contributed by atoms with E-state index in [1.165, 1.54) is 6.07 Å². The van der Waals surface area contributed by atoms with Crippen LogP contribution in [-0.2, 0) is 6.54 Å². The molecule has 0 N–H and O–H groups in total. The second-order valence-corrected chi connectivity index (χ2v) is 5.37. The van der Waals surface area contributed by atoms with Crippen LogP contribution in [0.2, 0.25) is 0 Å². The van der Waals surface area contributed by atoms with Crippen molar-refractivity contribution < 1.29 is 9.13 Å². The molecular weight excluding hydrogens is 281 g/mol. The molecule has 0 saturated carbocycles. The van der Waals surface area contributed by atoms with E-state index in [4.69, 9.17) is 10.00 Å². The van der Waals surface area contributed by atoms with Gasteiger partial charge in [0.2, 0.25) is 11.8 Å². The van der Waals surface area contributed by atoms with Crippen molar-refractivity contribution in [3.63, 3.8) is 0 Å². The summed E-state index contributed by atoms with van der Waals surface area (Å²) in [6, 6.07) is 14.3. The van der Waals surface area contributed by atoms with Crippen molar-refractivity contribution in [2.45, 2.75) is 19.1 Å². The summed E-state index contributed by atoms with van der Waals surface area (Å²) in [5, 5.41) is 8.93. The summed E-state index contributed by atoms with van der Waals surface area (Å²) < 4.78 is 18.8. The molecule has 1 unspecified atom stereocenters. The zero-order valence-corrected chi connectivity index (χ0v) is 12.1. The van der Waals surface area contributed by atoms with Crippen LogP contribution in [0.5, 0.6) is 5.88 Å². The highest BCUT2D eigenvalue weighted by atomic mass is 19.1. The highest BCUT2D eigenvalue weighted by Gasteiger charge is 2.24. The Balaban J connectivity index is 1.57. The van der Waals surface area contributed by atoms with Gasteiger partial charge in [-0.25, -0.2) is 0 Å². The van der Waals surface area contributed by atoms with Gasteiger partial charge in [-0.15, -0.1) is 0 Å². The molecule has 4 nitrogen and oxygen atoms in total. The first-order valence-corrected chi connectivity index (χ1v) is 7.23. The van der Waals surface area contributed by atoms with Gasteiger partial charge in [-0.1, -0.05) is 18.2 Å². The van der Waals surface area contributed by atoms with Crippen LogP contribution in [0.3, 0.4) is 0 Å². The minimum Gasteiger partial charge on any atom is -0.473 e. The number of likely N-dealkylation sites (tertiary alicyclic amines) is 1. The fourth-order valence-corrected chi connectivity index (χ4v) is 2.66. The summed E-state index contributed by atoms with van der Waals surface area (Å²) >= 11 is 0. The lowest BCUT2D eigenvalue weighted by Gasteiger charge is -2.16. The lowest BCUT2D eigenvalue weighted by molar-refractivity contribution is 0.189. The fraction of sp³-hybridized carbons (Fsp3) is 0.294. The summed E-state index contributed by atoms with van der Waals surface area (Å²) in [5.74, 6) is -0.195. The Kier molecular flexibility index (Phi) is 4.31. The smallest absolute Gasteiger partial charge is 0.216 e.